The minimum absolute atomic E-state index is 0.240. The van der Waals surface area contributed by atoms with Crippen molar-refractivity contribution in [2.75, 3.05) is 6.54 Å². The van der Waals surface area contributed by atoms with E-state index in [4.69, 9.17) is 0 Å². The molecule has 0 aromatic heterocycles. The average molecular weight is 268 g/mol. The molecule has 15 heavy (non-hydrogen) atoms. The maximum Gasteiger partial charge on any atom is 0.0541 e. The Labute approximate surface area is 101 Å². The summed E-state index contributed by atoms with van der Waals surface area (Å²) in [4.78, 5) is 0. The number of hydrogen-bond acceptors (Lipinski definition) is 1. The van der Waals surface area contributed by atoms with Crippen molar-refractivity contribution in [3.05, 3.63) is 46.0 Å². The van der Waals surface area contributed by atoms with E-state index in [1.807, 2.05) is 0 Å². The normalized spacial score (nSPS) is 12.5. The highest BCUT2D eigenvalue weighted by molar-refractivity contribution is 9.10. The third-order valence-corrected chi connectivity index (χ3v) is 3.09. The van der Waals surface area contributed by atoms with Crippen molar-refractivity contribution in [3.63, 3.8) is 0 Å². The lowest BCUT2D eigenvalue weighted by molar-refractivity contribution is 0.619. The molecule has 0 bridgehead atoms. The summed E-state index contributed by atoms with van der Waals surface area (Å²) in [5.74, 6) is 0. The summed E-state index contributed by atoms with van der Waals surface area (Å²) < 4.78 is 1.14. The molecular formula is C13H18BrN. The summed E-state index contributed by atoms with van der Waals surface area (Å²) in [6.07, 6.45) is 0. The molecule has 1 rings (SSSR count). The number of halogens is 1. The first kappa shape index (κ1) is 12.5. The fourth-order valence-electron chi connectivity index (χ4n) is 1.64. The van der Waals surface area contributed by atoms with E-state index in [0.717, 1.165) is 16.6 Å². The molecular weight excluding hydrogens is 250 g/mol. The predicted molar refractivity (Wildman–Crippen MR) is 70.1 cm³/mol. The van der Waals surface area contributed by atoms with E-state index < -0.39 is 0 Å². The molecule has 1 atom stereocenters. The lowest BCUT2D eigenvalue weighted by Gasteiger charge is -2.20. The van der Waals surface area contributed by atoms with Crippen LogP contribution in [0.4, 0.5) is 0 Å². The zero-order valence-corrected chi connectivity index (χ0v) is 11.2. The molecule has 0 heterocycles. The third kappa shape index (κ3) is 3.18. The van der Waals surface area contributed by atoms with Crippen molar-refractivity contribution in [1.29, 1.82) is 0 Å². The van der Waals surface area contributed by atoms with Crippen molar-refractivity contribution in [2.45, 2.75) is 26.8 Å². The van der Waals surface area contributed by atoms with Crippen LogP contribution in [0.5, 0.6) is 0 Å². The summed E-state index contributed by atoms with van der Waals surface area (Å²) >= 11 is 3.59. The van der Waals surface area contributed by atoms with Crippen molar-refractivity contribution in [3.8, 4) is 0 Å². The van der Waals surface area contributed by atoms with E-state index in [1.54, 1.807) is 0 Å². The number of nitrogens with one attached hydrogen (secondary N) is 1. The van der Waals surface area contributed by atoms with Crippen molar-refractivity contribution in [1.82, 2.24) is 5.32 Å². The van der Waals surface area contributed by atoms with E-state index in [1.165, 1.54) is 11.1 Å². The second kappa shape index (κ2) is 5.47. The molecule has 0 spiro atoms. The van der Waals surface area contributed by atoms with Gasteiger partial charge in [0.25, 0.3) is 0 Å². The summed E-state index contributed by atoms with van der Waals surface area (Å²) in [5, 5.41) is 3.44. The van der Waals surface area contributed by atoms with Gasteiger partial charge in [-0.1, -0.05) is 52.7 Å². The number of likely N-dealkylation sites (N-methyl/N-ethyl adjacent to an activating group) is 1. The van der Waals surface area contributed by atoms with Crippen LogP contribution >= 0.6 is 15.9 Å². The van der Waals surface area contributed by atoms with Gasteiger partial charge in [-0.2, -0.15) is 0 Å². The molecule has 1 aromatic rings. The Morgan fingerprint density at radius 1 is 1.53 bits per heavy atom. The number of benzene rings is 1. The zero-order valence-electron chi connectivity index (χ0n) is 9.60. The van der Waals surface area contributed by atoms with Crippen LogP contribution < -0.4 is 5.32 Å². The largest absolute Gasteiger partial charge is 0.307 e. The Morgan fingerprint density at radius 2 is 2.20 bits per heavy atom. The van der Waals surface area contributed by atoms with Gasteiger partial charge in [-0.15, -0.1) is 0 Å². The Bertz CT molecular complexity index is 358. The minimum Gasteiger partial charge on any atom is -0.307 e. The monoisotopic (exact) mass is 267 g/mol. The first-order valence-electron chi connectivity index (χ1n) is 5.21. The van der Waals surface area contributed by atoms with Gasteiger partial charge in [-0.25, -0.2) is 0 Å². The van der Waals surface area contributed by atoms with Gasteiger partial charge >= 0.3 is 0 Å². The van der Waals surface area contributed by atoms with Crippen LogP contribution in [0.3, 0.4) is 0 Å². The molecule has 0 amide bonds. The molecule has 0 fully saturated rings. The molecule has 0 aliphatic heterocycles. The Morgan fingerprint density at radius 3 is 2.73 bits per heavy atom. The molecule has 1 N–H and O–H groups in total. The Hall–Kier alpha value is -0.600. The highest BCUT2D eigenvalue weighted by atomic mass is 79.9. The zero-order chi connectivity index (χ0) is 11.4. The first-order valence-corrected chi connectivity index (χ1v) is 6.00. The highest BCUT2D eigenvalue weighted by Crippen LogP contribution is 2.28. The topological polar surface area (TPSA) is 12.0 Å². The van der Waals surface area contributed by atoms with E-state index in [9.17, 15) is 0 Å². The summed E-state index contributed by atoms with van der Waals surface area (Å²) in [6, 6.07) is 6.64. The molecule has 0 aliphatic carbocycles. The van der Waals surface area contributed by atoms with Gasteiger partial charge in [0.2, 0.25) is 0 Å². The maximum absolute atomic E-state index is 4.04. The molecule has 0 radical (unpaired) electrons. The van der Waals surface area contributed by atoms with Gasteiger partial charge in [0.15, 0.2) is 0 Å². The number of rotatable bonds is 4. The van der Waals surface area contributed by atoms with E-state index in [0.29, 0.717) is 0 Å². The minimum atomic E-state index is 0.240. The van der Waals surface area contributed by atoms with Crippen LogP contribution in [-0.2, 0) is 0 Å². The summed E-state index contributed by atoms with van der Waals surface area (Å²) in [6.45, 7) is 11.3. The number of hydrogen-bond donors (Lipinski definition) is 1. The van der Waals surface area contributed by atoms with Gasteiger partial charge in [-0.05, 0) is 32.0 Å². The van der Waals surface area contributed by atoms with Gasteiger partial charge in [0.1, 0.15) is 0 Å². The fraction of sp³-hybridized carbons (Fsp3) is 0.385. The average Bonchev–Trinajstić information content (AvgIpc) is 2.18. The highest BCUT2D eigenvalue weighted by Gasteiger charge is 2.13. The van der Waals surface area contributed by atoms with Gasteiger partial charge in [-0.3, -0.25) is 0 Å². The quantitative estimate of drug-likeness (QED) is 0.814. The van der Waals surface area contributed by atoms with Gasteiger partial charge in [0, 0.05) is 4.47 Å². The standard InChI is InChI=1S/C13H18BrN/c1-5-15-13(9(2)3)11-8-10(4)6-7-12(11)14/h6-8,13,15H,2,5H2,1,3-4H3. The second-order valence-corrected chi connectivity index (χ2v) is 4.72. The van der Waals surface area contributed by atoms with E-state index >= 15 is 0 Å². The van der Waals surface area contributed by atoms with E-state index in [2.05, 4.69) is 66.8 Å². The molecule has 1 aromatic carbocycles. The second-order valence-electron chi connectivity index (χ2n) is 3.86. The van der Waals surface area contributed by atoms with E-state index in [-0.39, 0.29) is 6.04 Å². The van der Waals surface area contributed by atoms with Gasteiger partial charge < -0.3 is 5.32 Å². The Kier molecular flexibility index (Phi) is 4.55. The Balaban J connectivity index is 3.09. The van der Waals surface area contributed by atoms with Crippen LogP contribution in [0.25, 0.3) is 0 Å². The van der Waals surface area contributed by atoms with Crippen LogP contribution in [0.15, 0.2) is 34.8 Å². The molecule has 1 nitrogen and oxygen atoms in total. The maximum atomic E-state index is 4.04. The van der Waals surface area contributed by atoms with Crippen molar-refractivity contribution < 1.29 is 0 Å². The predicted octanol–water partition coefficient (Wildman–Crippen LogP) is 3.98. The SMILES string of the molecule is C=C(C)C(NCC)c1cc(C)ccc1Br. The third-order valence-electron chi connectivity index (χ3n) is 2.36. The fourth-order valence-corrected chi connectivity index (χ4v) is 2.11. The van der Waals surface area contributed by atoms with Crippen LogP contribution in [0, 0.1) is 6.92 Å². The molecule has 1 unspecified atom stereocenters. The van der Waals surface area contributed by atoms with Gasteiger partial charge in [0.05, 0.1) is 6.04 Å². The molecule has 82 valence electrons. The lowest BCUT2D eigenvalue weighted by atomic mass is 9.99. The molecule has 0 saturated carbocycles. The molecule has 0 aliphatic rings. The summed E-state index contributed by atoms with van der Waals surface area (Å²) in [7, 11) is 0. The van der Waals surface area contributed by atoms with Crippen LogP contribution in [-0.4, -0.2) is 6.54 Å². The molecule has 0 saturated heterocycles. The smallest absolute Gasteiger partial charge is 0.0541 e. The van der Waals surface area contributed by atoms with Crippen LogP contribution in [0.2, 0.25) is 0 Å². The number of aryl methyl sites for hydroxylation is 1. The lowest BCUT2D eigenvalue weighted by Crippen LogP contribution is -2.22. The first-order chi connectivity index (χ1) is 7.06. The van der Waals surface area contributed by atoms with Crippen LogP contribution in [0.1, 0.15) is 31.0 Å². The van der Waals surface area contributed by atoms with Crippen molar-refractivity contribution in [2.24, 2.45) is 0 Å². The van der Waals surface area contributed by atoms with Crippen molar-refractivity contribution >= 4 is 15.9 Å². The molecule has 2 heteroatoms. The summed E-state index contributed by atoms with van der Waals surface area (Å²) in [5.41, 5.74) is 3.69.